The molecule has 3 aromatic carbocycles. The zero-order chi connectivity index (χ0) is 25.4. The molecule has 0 radical (unpaired) electrons. The van der Waals surface area contributed by atoms with E-state index in [9.17, 15) is 0 Å². The highest BCUT2D eigenvalue weighted by Gasteiger charge is 2.13. The molecule has 0 aliphatic heterocycles. The summed E-state index contributed by atoms with van der Waals surface area (Å²) in [5.74, 6) is 0.0780. The van der Waals surface area contributed by atoms with Crippen LogP contribution in [0.25, 0.3) is 0 Å². The Hall–Kier alpha value is -3.87. The molecule has 0 unspecified atom stereocenters. The molecule has 0 saturated carbocycles. The van der Waals surface area contributed by atoms with Gasteiger partial charge in [0.15, 0.2) is 0 Å². The van der Waals surface area contributed by atoms with Gasteiger partial charge in [-0.15, -0.1) is 0 Å². The van der Waals surface area contributed by atoms with Crippen molar-refractivity contribution in [3.63, 3.8) is 0 Å². The number of hydrogen-bond donors (Lipinski definition) is 2. The third kappa shape index (κ3) is 6.59. The molecule has 3 aromatic rings. The minimum absolute atomic E-state index is 0.145. The Bertz CT molecular complexity index is 1060. The van der Waals surface area contributed by atoms with E-state index in [1.54, 1.807) is 0 Å². The van der Waals surface area contributed by atoms with Gasteiger partial charge in [-0.2, -0.15) is 0 Å². The van der Waals surface area contributed by atoms with Crippen molar-refractivity contribution in [3.8, 4) is 0 Å². The first kappa shape index (κ1) is 25.7. The first-order valence-corrected chi connectivity index (χ1v) is 11.7. The molecule has 0 saturated heterocycles. The summed E-state index contributed by atoms with van der Waals surface area (Å²) >= 11 is 0. The first-order valence-electron chi connectivity index (χ1n) is 11.7. The summed E-state index contributed by atoms with van der Waals surface area (Å²) in [4.78, 5) is 3.96. The van der Waals surface area contributed by atoms with E-state index in [0.29, 0.717) is 48.6 Å². The van der Waals surface area contributed by atoms with Gasteiger partial charge in [0.2, 0.25) is 11.8 Å². The molecule has 0 spiro atoms. The Morgan fingerprint density at radius 1 is 0.686 bits per heavy atom. The van der Waals surface area contributed by atoms with Gasteiger partial charge in [-0.3, -0.25) is 10.8 Å². The van der Waals surface area contributed by atoms with Gasteiger partial charge in [0.05, 0.1) is 13.2 Å². The molecule has 0 amide bonds. The molecule has 0 aliphatic rings. The van der Waals surface area contributed by atoms with Gasteiger partial charge in [-0.25, -0.2) is 4.39 Å². The molecular weight excluding hydrogens is 443 g/mol. The van der Waals surface area contributed by atoms with Gasteiger partial charge >= 0.3 is 0 Å². The van der Waals surface area contributed by atoms with E-state index in [0.717, 1.165) is 11.4 Å². The summed E-state index contributed by atoms with van der Waals surface area (Å²) in [6, 6.07) is 20.5. The Morgan fingerprint density at radius 3 is 1.40 bits per heavy atom. The second kappa shape index (κ2) is 12.0. The van der Waals surface area contributed by atoms with Crippen LogP contribution >= 0.6 is 0 Å². The van der Waals surface area contributed by atoms with E-state index in [2.05, 4.69) is 0 Å². The van der Waals surface area contributed by atoms with Crippen LogP contribution in [-0.4, -0.2) is 39.1 Å². The summed E-state index contributed by atoms with van der Waals surface area (Å²) < 4.78 is 25.9. The van der Waals surface area contributed by atoms with Crippen LogP contribution in [-0.2, 0) is 22.6 Å². The van der Waals surface area contributed by atoms with Crippen molar-refractivity contribution in [2.24, 2.45) is 0 Å². The molecule has 35 heavy (non-hydrogen) atoms. The van der Waals surface area contributed by atoms with Crippen LogP contribution in [0.5, 0.6) is 0 Å². The van der Waals surface area contributed by atoms with E-state index < -0.39 is 0 Å². The number of nitrogens with one attached hydrogen (secondary N) is 2. The van der Waals surface area contributed by atoms with E-state index in [1.165, 1.54) is 0 Å². The minimum atomic E-state index is -0.212. The van der Waals surface area contributed by atoms with Gasteiger partial charge in [0.1, 0.15) is 5.82 Å². The van der Waals surface area contributed by atoms with Crippen LogP contribution in [0.2, 0.25) is 0 Å². The fourth-order valence-corrected chi connectivity index (χ4v) is 3.76. The van der Waals surface area contributed by atoms with Crippen LogP contribution in [0.1, 0.15) is 36.1 Å². The van der Waals surface area contributed by atoms with Crippen LogP contribution in [0, 0.1) is 16.6 Å². The maximum absolute atomic E-state index is 15.4. The van der Waals surface area contributed by atoms with Gasteiger partial charge in [-0.1, -0.05) is 18.2 Å². The molecule has 184 valence electrons. The topological polar surface area (TPSA) is 72.6 Å². The predicted octanol–water partition coefficient (Wildman–Crippen LogP) is 5.82. The zero-order valence-electron chi connectivity index (χ0n) is 20.8. The number of ether oxygens (including phenoxy) is 2. The van der Waals surface area contributed by atoms with E-state index in [4.69, 9.17) is 20.3 Å². The lowest BCUT2D eigenvalue weighted by molar-refractivity contribution is 0.325. The molecule has 6 nitrogen and oxygen atoms in total. The molecule has 0 fully saturated rings. The summed E-state index contributed by atoms with van der Waals surface area (Å²) in [6.07, 6.45) is 0. The van der Waals surface area contributed by atoms with Crippen LogP contribution in [0.3, 0.4) is 0 Å². The standard InChI is InChI=1S/C28H33FN4O2/c1-5-34-27(30)20-10-14-24(15-11-20)32(3)18-22-8-7-9-23(26(22)29)19-33(4)25-16-12-21(13-17-25)28(31)35-6-2/h7-17,30-31H,5-6,18-19H2,1-4H3. The average molecular weight is 477 g/mol. The molecule has 0 bridgehead atoms. The van der Waals surface area contributed by atoms with Crippen molar-refractivity contribution in [1.82, 2.24) is 0 Å². The van der Waals surface area contributed by atoms with Gasteiger partial charge in [-0.05, 0) is 62.4 Å². The van der Waals surface area contributed by atoms with E-state index in [1.807, 2.05) is 104 Å². The second-order valence-corrected chi connectivity index (χ2v) is 8.22. The van der Waals surface area contributed by atoms with Crippen LogP contribution in [0.15, 0.2) is 66.7 Å². The Kier molecular flexibility index (Phi) is 8.84. The van der Waals surface area contributed by atoms with Gasteiger partial charge in [0.25, 0.3) is 0 Å². The monoisotopic (exact) mass is 476 g/mol. The number of anilines is 2. The van der Waals surface area contributed by atoms with E-state index in [-0.39, 0.29) is 17.6 Å². The number of benzene rings is 3. The number of nitrogens with zero attached hydrogens (tertiary/aromatic N) is 2. The lowest BCUT2D eigenvalue weighted by atomic mass is 10.1. The van der Waals surface area contributed by atoms with Gasteiger partial charge < -0.3 is 19.3 Å². The van der Waals surface area contributed by atoms with E-state index >= 15 is 4.39 Å². The van der Waals surface area contributed by atoms with Gasteiger partial charge in [0, 0.05) is 60.8 Å². The third-order valence-electron chi connectivity index (χ3n) is 5.69. The highest BCUT2D eigenvalue weighted by Crippen LogP contribution is 2.23. The largest absolute Gasteiger partial charge is 0.478 e. The maximum atomic E-state index is 15.4. The lowest BCUT2D eigenvalue weighted by Gasteiger charge is -2.23. The molecule has 0 aromatic heterocycles. The minimum Gasteiger partial charge on any atom is -0.478 e. The lowest BCUT2D eigenvalue weighted by Crippen LogP contribution is -2.20. The summed E-state index contributed by atoms with van der Waals surface area (Å²) in [6.45, 7) is 5.44. The Labute approximate surface area is 206 Å². The van der Waals surface area contributed by atoms with Crippen molar-refractivity contribution in [3.05, 3.63) is 94.8 Å². The summed E-state index contributed by atoms with van der Waals surface area (Å²) in [5.41, 5.74) is 4.51. The predicted molar refractivity (Wildman–Crippen MR) is 140 cm³/mol. The number of hydrogen-bond acceptors (Lipinski definition) is 6. The Morgan fingerprint density at radius 2 is 1.06 bits per heavy atom. The smallest absolute Gasteiger partial charge is 0.213 e. The number of halogens is 1. The fourth-order valence-electron chi connectivity index (χ4n) is 3.76. The molecule has 0 aliphatic carbocycles. The van der Waals surface area contributed by atoms with Crippen molar-refractivity contribution >= 4 is 23.2 Å². The molecular formula is C28H33FN4O2. The fraction of sp³-hybridized carbons (Fsp3) is 0.286. The summed E-state index contributed by atoms with van der Waals surface area (Å²) in [7, 11) is 3.84. The Balaban J connectivity index is 1.68. The van der Waals surface area contributed by atoms with Crippen LogP contribution in [0.4, 0.5) is 15.8 Å². The third-order valence-corrected chi connectivity index (χ3v) is 5.69. The molecule has 7 heteroatoms. The normalized spacial score (nSPS) is 10.5. The molecule has 2 N–H and O–H groups in total. The highest BCUT2D eigenvalue weighted by molar-refractivity contribution is 5.92. The first-order chi connectivity index (χ1) is 16.8. The zero-order valence-corrected chi connectivity index (χ0v) is 20.8. The number of rotatable bonds is 10. The average Bonchev–Trinajstić information content (AvgIpc) is 2.87. The molecule has 3 rings (SSSR count). The van der Waals surface area contributed by atoms with Crippen molar-refractivity contribution in [1.29, 1.82) is 10.8 Å². The molecule has 0 heterocycles. The van der Waals surface area contributed by atoms with Crippen molar-refractivity contribution in [2.75, 3.05) is 37.1 Å². The molecule has 0 atom stereocenters. The quantitative estimate of drug-likeness (QED) is 0.286. The van der Waals surface area contributed by atoms with Crippen molar-refractivity contribution in [2.45, 2.75) is 26.9 Å². The summed E-state index contributed by atoms with van der Waals surface area (Å²) in [5, 5.41) is 15.8. The second-order valence-electron chi connectivity index (χ2n) is 8.22. The maximum Gasteiger partial charge on any atom is 0.213 e. The highest BCUT2D eigenvalue weighted by atomic mass is 19.1. The van der Waals surface area contributed by atoms with Crippen LogP contribution < -0.4 is 9.80 Å². The van der Waals surface area contributed by atoms with Crippen molar-refractivity contribution < 1.29 is 13.9 Å². The SMILES string of the molecule is CCOC(=N)c1ccc(N(C)Cc2cccc(CN(C)c3ccc(C(=N)OCC)cc3)c2F)cc1.